The number of methoxy groups -OCH3 is 2. The Bertz CT molecular complexity index is 972. The fourth-order valence-corrected chi connectivity index (χ4v) is 2.85. The summed E-state index contributed by atoms with van der Waals surface area (Å²) in [5.41, 5.74) is 2.59. The molecule has 3 rings (SSSR count). The highest BCUT2D eigenvalue weighted by molar-refractivity contribution is 5.97. The first-order valence-corrected chi connectivity index (χ1v) is 9.05. The summed E-state index contributed by atoms with van der Waals surface area (Å²) in [4.78, 5) is 24.7. The molecule has 0 aliphatic heterocycles. The van der Waals surface area contributed by atoms with Crippen LogP contribution in [-0.4, -0.2) is 26.1 Å². The van der Waals surface area contributed by atoms with Gasteiger partial charge in [0.05, 0.1) is 19.8 Å². The van der Waals surface area contributed by atoms with Gasteiger partial charge in [-0.2, -0.15) is 0 Å². The molecule has 1 amide bonds. The van der Waals surface area contributed by atoms with Crippen molar-refractivity contribution in [2.45, 2.75) is 6.04 Å². The number of anilines is 2. The molecule has 0 aliphatic rings. The fourth-order valence-electron chi connectivity index (χ4n) is 2.85. The number of carbonyl (C=O) groups excluding carboxylic acids is 2. The lowest BCUT2D eigenvalue weighted by Crippen LogP contribution is -2.27. The Balaban J connectivity index is 1.83. The Hall–Kier alpha value is -3.80. The van der Waals surface area contributed by atoms with Crippen LogP contribution < -0.4 is 15.4 Å². The Morgan fingerprint density at radius 2 is 1.55 bits per heavy atom. The van der Waals surface area contributed by atoms with Crippen LogP contribution in [0, 0.1) is 0 Å². The molecule has 29 heavy (non-hydrogen) atoms. The molecule has 0 radical (unpaired) electrons. The SMILES string of the molecule is COC(=O)c1ccc(N[C@H](C(=O)Nc2cccc(OC)c2)c2ccccc2)cc1. The molecule has 0 aliphatic carbocycles. The van der Waals surface area contributed by atoms with Gasteiger partial charge in [-0.3, -0.25) is 4.79 Å². The molecule has 2 N–H and O–H groups in total. The van der Waals surface area contributed by atoms with E-state index < -0.39 is 12.0 Å². The van der Waals surface area contributed by atoms with E-state index in [4.69, 9.17) is 9.47 Å². The largest absolute Gasteiger partial charge is 0.497 e. The summed E-state index contributed by atoms with van der Waals surface area (Å²) < 4.78 is 9.93. The van der Waals surface area contributed by atoms with Gasteiger partial charge in [0, 0.05) is 17.4 Å². The van der Waals surface area contributed by atoms with E-state index in [0.29, 0.717) is 22.7 Å². The average molecular weight is 390 g/mol. The van der Waals surface area contributed by atoms with Crippen molar-refractivity contribution in [3.63, 3.8) is 0 Å². The first-order chi connectivity index (χ1) is 14.1. The average Bonchev–Trinajstić information content (AvgIpc) is 2.78. The van der Waals surface area contributed by atoms with E-state index >= 15 is 0 Å². The number of ether oxygens (including phenoxy) is 2. The Kier molecular flexibility index (Phi) is 6.47. The smallest absolute Gasteiger partial charge is 0.337 e. The van der Waals surface area contributed by atoms with Crippen molar-refractivity contribution in [1.82, 2.24) is 0 Å². The molecule has 0 bridgehead atoms. The summed E-state index contributed by atoms with van der Waals surface area (Å²) >= 11 is 0. The van der Waals surface area contributed by atoms with Crippen molar-refractivity contribution in [2.75, 3.05) is 24.9 Å². The van der Waals surface area contributed by atoms with E-state index in [9.17, 15) is 9.59 Å². The van der Waals surface area contributed by atoms with E-state index in [0.717, 1.165) is 5.56 Å². The number of carbonyl (C=O) groups is 2. The number of benzene rings is 3. The van der Waals surface area contributed by atoms with Gasteiger partial charge in [0.25, 0.3) is 5.91 Å². The summed E-state index contributed by atoms with van der Waals surface area (Å²) in [7, 11) is 2.91. The van der Waals surface area contributed by atoms with Gasteiger partial charge in [-0.05, 0) is 42.0 Å². The minimum atomic E-state index is -0.633. The van der Waals surface area contributed by atoms with Crippen LogP contribution in [0.4, 0.5) is 11.4 Å². The van der Waals surface area contributed by atoms with Crippen molar-refractivity contribution in [2.24, 2.45) is 0 Å². The molecule has 0 spiro atoms. The predicted octanol–water partition coefficient (Wildman–Crippen LogP) is 4.27. The molecule has 0 unspecified atom stereocenters. The van der Waals surface area contributed by atoms with Crippen LogP contribution >= 0.6 is 0 Å². The van der Waals surface area contributed by atoms with Gasteiger partial charge in [-0.1, -0.05) is 36.4 Å². The minimum Gasteiger partial charge on any atom is -0.497 e. The first-order valence-electron chi connectivity index (χ1n) is 9.05. The summed E-state index contributed by atoms with van der Waals surface area (Å²) in [5.74, 6) is 0.0267. The molecule has 3 aromatic carbocycles. The van der Waals surface area contributed by atoms with Gasteiger partial charge in [0.2, 0.25) is 0 Å². The number of amides is 1. The molecule has 6 nitrogen and oxygen atoms in total. The Morgan fingerprint density at radius 3 is 2.21 bits per heavy atom. The van der Waals surface area contributed by atoms with Crippen molar-refractivity contribution in [1.29, 1.82) is 0 Å². The van der Waals surface area contributed by atoms with E-state index in [1.807, 2.05) is 42.5 Å². The van der Waals surface area contributed by atoms with Crippen LogP contribution in [0.1, 0.15) is 22.0 Å². The van der Waals surface area contributed by atoms with Crippen LogP contribution in [-0.2, 0) is 9.53 Å². The van der Waals surface area contributed by atoms with Gasteiger partial charge < -0.3 is 20.1 Å². The van der Waals surface area contributed by atoms with Crippen molar-refractivity contribution in [3.05, 3.63) is 90.0 Å². The Labute approximate surface area is 169 Å². The minimum absolute atomic E-state index is 0.221. The van der Waals surface area contributed by atoms with Crippen molar-refractivity contribution >= 4 is 23.3 Å². The highest BCUT2D eigenvalue weighted by Crippen LogP contribution is 2.23. The third kappa shape index (κ3) is 5.13. The van der Waals surface area contributed by atoms with E-state index in [-0.39, 0.29) is 5.91 Å². The lowest BCUT2D eigenvalue weighted by Gasteiger charge is -2.20. The second kappa shape index (κ2) is 9.41. The van der Waals surface area contributed by atoms with E-state index in [2.05, 4.69) is 10.6 Å². The third-order valence-corrected chi connectivity index (χ3v) is 4.35. The number of esters is 1. The van der Waals surface area contributed by atoms with E-state index in [1.54, 1.807) is 43.5 Å². The maximum atomic E-state index is 13.1. The summed E-state index contributed by atoms with van der Waals surface area (Å²) in [6.45, 7) is 0. The van der Waals surface area contributed by atoms with Gasteiger partial charge >= 0.3 is 5.97 Å². The van der Waals surface area contributed by atoms with Crippen LogP contribution in [0.25, 0.3) is 0 Å². The van der Waals surface area contributed by atoms with Crippen LogP contribution in [0.5, 0.6) is 5.75 Å². The molecular weight excluding hydrogens is 368 g/mol. The standard InChI is InChI=1S/C23H22N2O4/c1-28-20-10-6-9-19(15-20)25-22(26)21(16-7-4-3-5-8-16)24-18-13-11-17(12-14-18)23(27)29-2/h3-15,21,24H,1-2H3,(H,25,26)/t21-/m0/s1. The zero-order chi connectivity index (χ0) is 20.6. The molecule has 1 atom stereocenters. The van der Waals surface area contributed by atoms with Gasteiger partial charge in [-0.25, -0.2) is 4.79 Å². The Morgan fingerprint density at radius 1 is 0.828 bits per heavy atom. The normalized spacial score (nSPS) is 11.2. The fraction of sp³-hybridized carbons (Fsp3) is 0.130. The lowest BCUT2D eigenvalue weighted by atomic mass is 10.1. The summed E-state index contributed by atoms with van der Waals surface area (Å²) in [6, 6.07) is 22.7. The molecule has 0 heterocycles. The molecule has 0 saturated carbocycles. The highest BCUT2D eigenvalue weighted by atomic mass is 16.5. The van der Waals surface area contributed by atoms with Crippen LogP contribution in [0.15, 0.2) is 78.9 Å². The highest BCUT2D eigenvalue weighted by Gasteiger charge is 2.21. The second-order valence-corrected chi connectivity index (χ2v) is 6.28. The first kappa shape index (κ1) is 19.9. The van der Waals surface area contributed by atoms with Crippen molar-refractivity contribution in [3.8, 4) is 5.75 Å². The quantitative estimate of drug-likeness (QED) is 0.589. The topological polar surface area (TPSA) is 76.7 Å². The zero-order valence-electron chi connectivity index (χ0n) is 16.2. The van der Waals surface area contributed by atoms with Crippen LogP contribution in [0.3, 0.4) is 0 Å². The number of rotatable bonds is 7. The maximum absolute atomic E-state index is 13.1. The second-order valence-electron chi connectivity index (χ2n) is 6.28. The molecule has 3 aromatic rings. The molecular formula is C23H22N2O4. The van der Waals surface area contributed by atoms with E-state index in [1.165, 1.54) is 7.11 Å². The molecule has 0 fully saturated rings. The molecule has 0 aromatic heterocycles. The maximum Gasteiger partial charge on any atom is 0.337 e. The molecule has 6 heteroatoms. The lowest BCUT2D eigenvalue weighted by molar-refractivity contribution is -0.117. The monoisotopic (exact) mass is 390 g/mol. The number of nitrogens with one attached hydrogen (secondary N) is 2. The number of hydrogen-bond donors (Lipinski definition) is 2. The van der Waals surface area contributed by atoms with Crippen LogP contribution in [0.2, 0.25) is 0 Å². The third-order valence-electron chi connectivity index (χ3n) is 4.35. The van der Waals surface area contributed by atoms with Crippen molar-refractivity contribution < 1.29 is 19.1 Å². The molecule has 148 valence electrons. The zero-order valence-corrected chi connectivity index (χ0v) is 16.2. The van der Waals surface area contributed by atoms with Gasteiger partial charge in [-0.15, -0.1) is 0 Å². The molecule has 0 saturated heterocycles. The summed E-state index contributed by atoms with van der Waals surface area (Å²) in [5, 5.41) is 6.15. The number of hydrogen-bond acceptors (Lipinski definition) is 5. The van der Waals surface area contributed by atoms with Gasteiger partial charge in [0.15, 0.2) is 0 Å². The van der Waals surface area contributed by atoms with Gasteiger partial charge in [0.1, 0.15) is 11.8 Å². The summed E-state index contributed by atoms with van der Waals surface area (Å²) in [6.07, 6.45) is 0. The predicted molar refractivity (Wildman–Crippen MR) is 112 cm³/mol.